The number of rotatable bonds is 5. The molecule has 120 valence electrons. The Morgan fingerprint density at radius 3 is 2.42 bits per heavy atom. The highest BCUT2D eigenvalue weighted by Crippen LogP contribution is 2.19. The lowest BCUT2D eigenvalue weighted by Crippen LogP contribution is -2.11. The number of aromatic nitrogens is 2. The summed E-state index contributed by atoms with van der Waals surface area (Å²) < 4.78 is 5.16. The second-order valence-electron chi connectivity index (χ2n) is 4.96. The van der Waals surface area contributed by atoms with Gasteiger partial charge in [0.15, 0.2) is 0 Å². The predicted molar refractivity (Wildman–Crippen MR) is 92.7 cm³/mol. The Labute approximate surface area is 139 Å². The molecule has 0 aliphatic heterocycles. The van der Waals surface area contributed by atoms with Gasteiger partial charge in [0.25, 0.3) is 5.91 Å². The highest BCUT2D eigenvalue weighted by molar-refractivity contribution is 6.04. The van der Waals surface area contributed by atoms with Crippen molar-refractivity contribution < 1.29 is 9.53 Å². The molecule has 24 heavy (non-hydrogen) atoms. The largest absolute Gasteiger partial charge is 0.497 e. The number of methoxy groups -OCH3 is 1. The summed E-state index contributed by atoms with van der Waals surface area (Å²) in [5.74, 6) is 1.70. The molecular weight excluding hydrogens is 304 g/mol. The zero-order valence-electron chi connectivity index (χ0n) is 13.1. The summed E-state index contributed by atoms with van der Waals surface area (Å²) in [5.41, 5.74) is 1.24. The van der Waals surface area contributed by atoms with Crippen LogP contribution < -0.4 is 15.4 Å². The van der Waals surface area contributed by atoms with Crippen LogP contribution in [0.25, 0.3) is 0 Å². The number of pyridine rings is 2. The van der Waals surface area contributed by atoms with Crippen molar-refractivity contribution in [2.45, 2.75) is 0 Å². The number of anilines is 3. The molecule has 0 saturated carbocycles. The molecule has 0 unspecified atom stereocenters. The normalized spacial score (nSPS) is 10.0. The molecule has 0 fully saturated rings. The molecular formula is C18H16N4O2. The van der Waals surface area contributed by atoms with Crippen LogP contribution in [-0.2, 0) is 0 Å². The molecule has 6 heteroatoms. The van der Waals surface area contributed by atoms with Crippen molar-refractivity contribution in [1.82, 2.24) is 9.97 Å². The van der Waals surface area contributed by atoms with Crippen LogP contribution in [0, 0.1) is 0 Å². The molecule has 3 rings (SSSR count). The molecule has 0 atom stereocenters. The van der Waals surface area contributed by atoms with Crippen LogP contribution in [0.2, 0.25) is 0 Å². The third-order valence-corrected chi connectivity index (χ3v) is 3.28. The number of ether oxygens (including phenoxy) is 1. The van der Waals surface area contributed by atoms with Crippen molar-refractivity contribution in [3.8, 4) is 5.75 Å². The van der Waals surface area contributed by atoms with E-state index in [9.17, 15) is 4.79 Å². The lowest BCUT2D eigenvalue weighted by Gasteiger charge is -2.09. The summed E-state index contributed by atoms with van der Waals surface area (Å²) in [6, 6.07) is 16.0. The summed E-state index contributed by atoms with van der Waals surface area (Å²) >= 11 is 0. The van der Waals surface area contributed by atoms with Gasteiger partial charge in [0, 0.05) is 35.8 Å². The standard InChI is InChI=1S/C18H16N4O2/c1-24-15-8-10-20-17(12-15)22-16-11-14(7-9-19-16)21-18(23)13-5-3-2-4-6-13/h2-12H,1H3,(H2,19,20,21,22,23). The van der Waals surface area contributed by atoms with Gasteiger partial charge in [0.2, 0.25) is 0 Å². The molecule has 2 aromatic heterocycles. The average molecular weight is 320 g/mol. The molecule has 0 spiro atoms. The first-order valence-electron chi connectivity index (χ1n) is 7.34. The molecule has 1 amide bonds. The Morgan fingerprint density at radius 2 is 1.67 bits per heavy atom. The molecule has 6 nitrogen and oxygen atoms in total. The smallest absolute Gasteiger partial charge is 0.255 e. The van der Waals surface area contributed by atoms with Crippen molar-refractivity contribution in [2.75, 3.05) is 17.7 Å². The lowest BCUT2D eigenvalue weighted by molar-refractivity contribution is 0.102. The SMILES string of the molecule is COc1ccnc(Nc2cc(NC(=O)c3ccccc3)ccn2)c1. The minimum atomic E-state index is -0.174. The fourth-order valence-corrected chi connectivity index (χ4v) is 2.11. The van der Waals surface area contributed by atoms with Gasteiger partial charge < -0.3 is 15.4 Å². The van der Waals surface area contributed by atoms with Gasteiger partial charge in [-0.05, 0) is 24.3 Å². The van der Waals surface area contributed by atoms with Gasteiger partial charge >= 0.3 is 0 Å². The summed E-state index contributed by atoms with van der Waals surface area (Å²) in [6.45, 7) is 0. The molecule has 1 aromatic carbocycles. The minimum absolute atomic E-state index is 0.174. The van der Waals surface area contributed by atoms with Crippen molar-refractivity contribution in [2.24, 2.45) is 0 Å². The van der Waals surface area contributed by atoms with E-state index >= 15 is 0 Å². The van der Waals surface area contributed by atoms with Crippen LogP contribution in [0.15, 0.2) is 67.0 Å². The van der Waals surface area contributed by atoms with E-state index in [4.69, 9.17) is 4.74 Å². The zero-order chi connectivity index (χ0) is 16.8. The molecule has 3 aromatic rings. The van der Waals surface area contributed by atoms with Crippen molar-refractivity contribution >= 4 is 23.2 Å². The topological polar surface area (TPSA) is 76.1 Å². The number of benzene rings is 1. The second kappa shape index (κ2) is 7.23. The van der Waals surface area contributed by atoms with Crippen molar-refractivity contribution in [3.63, 3.8) is 0 Å². The Balaban J connectivity index is 1.73. The van der Waals surface area contributed by atoms with E-state index in [1.807, 2.05) is 18.2 Å². The lowest BCUT2D eigenvalue weighted by atomic mass is 10.2. The number of carbonyl (C=O) groups is 1. The zero-order valence-corrected chi connectivity index (χ0v) is 13.1. The third-order valence-electron chi connectivity index (χ3n) is 3.28. The van der Waals surface area contributed by atoms with Crippen LogP contribution in [-0.4, -0.2) is 23.0 Å². The van der Waals surface area contributed by atoms with Crippen LogP contribution in [0.3, 0.4) is 0 Å². The van der Waals surface area contributed by atoms with Gasteiger partial charge in [0.1, 0.15) is 17.4 Å². The Hall–Kier alpha value is -3.41. The van der Waals surface area contributed by atoms with E-state index in [0.717, 1.165) is 0 Å². The maximum atomic E-state index is 12.2. The maximum absolute atomic E-state index is 12.2. The van der Waals surface area contributed by atoms with Crippen LogP contribution in [0.4, 0.5) is 17.3 Å². The van der Waals surface area contributed by atoms with Gasteiger partial charge in [-0.25, -0.2) is 9.97 Å². The van der Waals surface area contributed by atoms with Gasteiger partial charge in [-0.15, -0.1) is 0 Å². The predicted octanol–water partition coefficient (Wildman–Crippen LogP) is 3.48. The average Bonchev–Trinajstić information content (AvgIpc) is 2.63. The molecule has 0 aliphatic rings. The van der Waals surface area contributed by atoms with E-state index in [0.29, 0.717) is 28.6 Å². The van der Waals surface area contributed by atoms with E-state index in [1.165, 1.54) is 0 Å². The summed E-state index contributed by atoms with van der Waals surface area (Å²) in [7, 11) is 1.59. The maximum Gasteiger partial charge on any atom is 0.255 e. The molecule has 0 aliphatic carbocycles. The monoisotopic (exact) mass is 320 g/mol. The van der Waals surface area contributed by atoms with Crippen molar-refractivity contribution in [1.29, 1.82) is 0 Å². The minimum Gasteiger partial charge on any atom is -0.497 e. The summed E-state index contributed by atoms with van der Waals surface area (Å²) in [6.07, 6.45) is 3.26. The first kappa shape index (κ1) is 15.5. The Kier molecular flexibility index (Phi) is 4.67. The molecule has 0 radical (unpaired) electrons. The highest BCUT2D eigenvalue weighted by atomic mass is 16.5. The van der Waals surface area contributed by atoms with E-state index < -0.39 is 0 Å². The van der Waals surface area contributed by atoms with E-state index in [-0.39, 0.29) is 5.91 Å². The van der Waals surface area contributed by atoms with Gasteiger partial charge in [0.05, 0.1) is 7.11 Å². The Morgan fingerprint density at radius 1 is 0.958 bits per heavy atom. The van der Waals surface area contributed by atoms with Crippen LogP contribution in [0.5, 0.6) is 5.75 Å². The molecule has 0 bridgehead atoms. The number of hydrogen-bond donors (Lipinski definition) is 2. The fraction of sp³-hybridized carbons (Fsp3) is 0.0556. The second-order valence-corrected chi connectivity index (χ2v) is 4.96. The summed E-state index contributed by atoms with van der Waals surface area (Å²) in [5, 5.41) is 5.92. The number of nitrogens with one attached hydrogen (secondary N) is 2. The molecule has 0 saturated heterocycles. The van der Waals surface area contributed by atoms with Gasteiger partial charge in [-0.2, -0.15) is 0 Å². The van der Waals surface area contributed by atoms with Gasteiger partial charge in [-0.1, -0.05) is 18.2 Å². The fourth-order valence-electron chi connectivity index (χ4n) is 2.11. The van der Waals surface area contributed by atoms with E-state index in [2.05, 4.69) is 20.6 Å². The highest BCUT2D eigenvalue weighted by Gasteiger charge is 2.06. The van der Waals surface area contributed by atoms with E-state index in [1.54, 1.807) is 55.9 Å². The number of hydrogen-bond acceptors (Lipinski definition) is 5. The summed E-state index contributed by atoms with van der Waals surface area (Å²) in [4.78, 5) is 20.6. The van der Waals surface area contributed by atoms with Crippen molar-refractivity contribution in [3.05, 3.63) is 72.6 Å². The number of nitrogens with zero attached hydrogens (tertiary/aromatic N) is 2. The van der Waals surface area contributed by atoms with Crippen LogP contribution in [0.1, 0.15) is 10.4 Å². The third kappa shape index (κ3) is 3.86. The van der Waals surface area contributed by atoms with Crippen LogP contribution >= 0.6 is 0 Å². The molecule has 2 heterocycles. The van der Waals surface area contributed by atoms with Gasteiger partial charge in [-0.3, -0.25) is 4.79 Å². The first-order valence-corrected chi connectivity index (χ1v) is 7.34. The molecule has 2 N–H and O–H groups in total. The Bertz CT molecular complexity index is 837. The number of carbonyl (C=O) groups excluding carboxylic acids is 1. The first-order chi connectivity index (χ1) is 11.7. The number of amides is 1. The quantitative estimate of drug-likeness (QED) is 0.752.